The van der Waals surface area contributed by atoms with E-state index < -0.39 is 0 Å². The number of nitrogens with zero attached hydrogens (tertiary/aromatic N) is 1. The minimum Gasteiger partial charge on any atom is -0.487 e. The summed E-state index contributed by atoms with van der Waals surface area (Å²) in [4.78, 5) is 16.5. The normalized spacial score (nSPS) is 15.0. The number of carbonyl (C=O) groups excluding carboxylic acids is 1. The van der Waals surface area contributed by atoms with Crippen LogP contribution in [-0.4, -0.2) is 11.3 Å². The zero-order chi connectivity index (χ0) is 22.0. The number of aldehydes is 1. The number of aromatic nitrogens is 1. The van der Waals surface area contributed by atoms with Crippen molar-refractivity contribution in [1.29, 1.82) is 0 Å². The molecular weight excluding hydrogens is 401 g/mol. The number of halogens is 1. The summed E-state index contributed by atoms with van der Waals surface area (Å²) in [7, 11) is 0. The highest BCUT2D eigenvalue weighted by Crippen LogP contribution is 2.48. The Bertz CT molecular complexity index is 1260. The first-order valence-electron chi connectivity index (χ1n) is 11.0. The van der Waals surface area contributed by atoms with E-state index in [2.05, 4.69) is 29.2 Å². The summed E-state index contributed by atoms with van der Waals surface area (Å²) < 4.78 is 19.5. The second kappa shape index (κ2) is 8.54. The van der Waals surface area contributed by atoms with Crippen molar-refractivity contribution in [2.45, 2.75) is 37.7 Å². The zero-order valence-electron chi connectivity index (χ0n) is 17.8. The van der Waals surface area contributed by atoms with Gasteiger partial charge in [0.15, 0.2) is 0 Å². The molecule has 0 spiro atoms. The van der Waals surface area contributed by atoms with Crippen LogP contribution in [0.5, 0.6) is 5.75 Å². The number of hydrogen-bond donors (Lipinski definition) is 0. The Morgan fingerprint density at radius 2 is 1.75 bits per heavy atom. The number of rotatable bonds is 6. The summed E-state index contributed by atoms with van der Waals surface area (Å²) in [6.07, 6.45) is 5.26. The van der Waals surface area contributed by atoms with Gasteiger partial charge in [0.25, 0.3) is 0 Å². The summed E-state index contributed by atoms with van der Waals surface area (Å²) in [6, 6.07) is 24.5. The van der Waals surface area contributed by atoms with E-state index in [0.29, 0.717) is 17.9 Å². The Balaban J connectivity index is 1.46. The lowest BCUT2D eigenvalue weighted by Gasteiger charge is -2.32. The summed E-state index contributed by atoms with van der Waals surface area (Å²) in [5.41, 5.74) is 4.34. The van der Waals surface area contributed by atoms with Gasteiger partial charge in [-0.25, -0.2) is 9.37 Å². The van der Waals surface area contributed by atoms with E-state index in [9.17, 15) is 9.18 Å². The average molecular weight is 426 g/mol. The molecule has 160 valence electrons. The maximum Gasteiger partial charge on any atom is 0.150 e. The van der Waals surface area contributed by atoms with Crippen LogP contribution < -0.4 is 4.74 Å². The molecule has 4 aromatic rings. The highest BCUT2D eigenvalue weighted by Gasteiger charge is 2.39. The largest absolute Gasteiger partial charge is 0.487 e. The molecule has 4 heteroatoms. The molecule has 5 rings (SSSR count). The van der Waals surface area contributed by atoms with Crippen LogP contribution in [0.15, 0.2) is 78.9 Å². The molecule has 0 bridgehead atoms. The van der Waals surface area contributed by atoms with E-state index in [-0.39, 0.29) is 11.2 Å². The molecule has 1 aromatic heterocycles. The van der Waals surface area contributed by atoms with Crippen molar-refractivity contribution in [3.63, 3.8) is 0 Å². The Morgan fingerprint density at radius 1 is 0.938 bits per heavy atom. The van der Waals surface area contributed by atoms with Crippen molar-refractivity contribution in [3.8, 4) is 5.75 Å². The number of benzene rings is 3. The van der Waals surface area contributed by atoms with Gasteiger partial charge in [0.05, 0.1) is 11.2 Å². The predicted molar refractivity (Wildman–Crippen MR) is 124 cm³/mol. The van der Waals surface area contributed by atoms with Gasteiger partial charge in [0, 0.05) is 16.4 Å². The lowest BCUT2D eigenvalue weighted by Crippen LogP contribution is -2.25. The van der Waals surface area contributed by atoms with Gasteiger partial charge < -0.3 is 4.74 Å². The fraction of sp³-hybridized carbons (Fsp3) is 0.214. The third-order valence-corrected chi connectivity index (χ3v) is 6.55. The Hall–Kier alpha value is -3.53. The molecule has 1 saturated carbocycles. The second-order valence-corrected chi connectivity index (χ2v) is 8.45. The smallest absolute Gasteiger partial charge is 0.150 e. The lowest BCUT2D eigenvalue weighted by molar-refractivity contribution is 0.112. The van der Waals surface area contributed by atoms with Crippen LogP contribution in [0.4, 0.5) is 4.39 Å². The van der Waals surface area contributed by atoms with Gasteiger partial charge in [0.2, 0.25) is 0 Å². The number of hydrogen-bond acceptors (Lipinski definition) is 3. The molecule has 1 aliphatic carbocycles. The van der Waals surface area contributed by atoms with E-state index >= 15 is 0 Å². The first-order chi connectivity index (χ1) is 15.7. The molecule has 32 heavy (non-hydrogen) atoms. The van der Waals surface area contributed by atoms with Crippen LogP contribution in [-0.2, 0) is 12.0 Å². The van der Waals surface area contributed by atoms with E-state index in [1.165, 1.54) is 17.7 Å². The topological polar surface area (TPSA) is 39.2 Å². The molecule has 1 aliphatic rings. The van der Waals surface area contributed by atoms with Gasteiger partial charge in [-0.3, -0.25) is 4.79 Å². The van der Waals surface area contributed by atoms with Crippen molar-refractivity contribution in [2.24, 2.45) is 0 Å². The summed E-state index contributed by atoms with van der Waals surface area (Å²) in [5.74, 6) is 0.444. The summed E-state index contributed by atoms with van der Waals surface area (Å²) in [5, 5.41) is 0.761. The van der Waals surface area contributed by atoms with Gasteiger partial charge in [-0.05, 0) is 66.4 Å². The molecule has 0 radical (unpaired) electrons. The molecule has 0 atom stereocenters. The molecule has 1 fully saturated rings. The molecule has 0 saturated heterocycles. The maximum atomic E-state index is 13.4. The third-order valence-electron chi connectivity index (χ3n) is 6.55. The fourth-order valence-electron chi connectivity index (χ4n) is 4.97. The van der Waals surface area contributed by atoms with Crippen LogP contribution in [0, 0.1) is 5.82 Å². The predicted octanol–water partition coefficient (Wildman–Crippen LogP) is 6.63. The lowest BCUT2D eigenvalue weighted by atomic mass is 9.71. The van der Waals surface area contributed by atoms with E-state index in [4.69, 9.17) is 4.74 Å². The summed E-state index contributed by atoms with van der Waals surface area (Å²) >= 11 is 0. The number of pyridine rings is 1. The minimum atomic E-state index is -0.273. The highest BCUT2D eigenvalue weighted by molar-refractivity contribution is 5.79. The van der Waals surface area contributed by atoms with Gasteiger partial charge in [-0.15, -0.1) is 0 Å². The highest BCUT2D eigenvalue weighted by atomic mass is 19.1. The standard InChI is InChI=1S/C28H24FNO2/c29-23-10-13-27-20(16-23)8-11-24(30-27)19-32-25-12-9-21(18-31)26(17-25)28(14-4-5-15-28)22-6-2-1-3-7-22/h1-3,6-13,16-18H,4-5,14-15,19H2. The van der Waals surface area contributed by atoms with E-state index in [0.717, 1.165) is 54.1 Å². The molecule has 0 unspecified atom stereocenters. The molecule has 1 heterocycles. The maximum absolute atomic E-state index is 13.4. The van der Waals surface area contributed by atoms with Crippen molar-refractivity contribution in [3.05, 3.63) is 107 Å². The van der Waals surface area contributed by atoms with E-state index in [1.807, 2.05) is 36.4 Å². The molecule has 0 aliphatic heterocycles. The number of fused-ring (bicyclic) bond motifs is 1. The quantitative estimate of drug-likeness (QED) is 0.326. The molecule has 3 nitrogen and oxygen atoms in total. The SMILES string of the molecule is O=Cc1ccc(OCc2ccc3cc(F)ccc3n2)cc1C1(c2ccccc2)CCCC1. The van der Waals surface area contributed by atoms with E-state index in [1.54, 1.807) is 6.07 Å². The second-order valence-electron chi connectivity index (χ2n) is 8.45. The molecular formula is C28H24FNO2. The Labute approximate surface area is 186 Å². The summed E-state index contributed by atoms with van der Waals surface area (Å²) in [6.45, 7) is 0.297. The van der Waals surface area contributed by atoms with Crippen LogP contribution in [0.1, 0.15) is 52.9 Å². The monoisotopic (exact) mass is 425 g/mol. The van der Waals surface area contributed by atoms with Crippen molar-refractivity contribution >= 4 is 17.2 Å². The van der Waals surface area contributed by atoms with Crippen LogP contribution >= 0.6 is 0 Å². The van der Waals surface area contributed by atoms with Gasteiger partial charge in [-0.1, -0.05) is 49.2 Å². The van der Waals surface area contributed by atoms with Gasteiger partial charge >= 0.3 is 0 Å². The zero-order valence-corrected chi connectivity index (χ0v) is 17.8. The molecule has 0 amide bonds. The Kier molecular flexibility index (Phi) is 5.44. The first-order valence-corrected chi connectivity index (χ1v) is 11.0. The molecule has 0 N–H and O–H groups in total. The van der Waals surface area contributed by atoms with Crippen LogP contribution in [0.25, 0.3) is 10.9 Å². The number of carbonyl (C=O) groups is 1. The van der Waals surface area contributed by atoms with Gasteiger partial charge in [-0.2, -0.15) is 0 Å². The fourth-order valence-corrected chi connectivity index (χ4v) is 4.97. The minimum absolute atomic E-state index is 0.165. The van der Waals surface area contributed by atoms with Crippen LogP contribution in [0.3, 0.4) is 0 Å². The average Bonchev–Trinajstić information content (AvgIpc) is 3.34. The first kappa shape index (κ1) is 20.4. The molecule has 3 aromatic carbocycles. The number of ether oxygens (including phenoxy) is 1. The van der Waals surface area contributed by atoms with Crippen molar-refractivity contribution in [2.75, 3.05) is 0 Å². The van der Waals surface area contributed by atoms with Gasteiger partial charge in [0.1, 0.15) is 24.5 Å². The Morgan fingerprint density at radius 3 is 2.53 bits per heavy atom. The van der Waals surface area contributed by atoms with Crippen LogP contribution in [0.2, 0.25) is 0 Å². The third kappa shape index (κ3) is 3.77. The van der Waals surface area contributed by atoms with Crippen molar-refractivity contribution in [1.82, 2.24) is 4.98 Å². The van der Waals surface area contributed by atoms with Crippen molar-refractivity contribution < 1.29 is 13.9 Å².